The molecule has 0 unspecified atom stereocenters. The van der Waals surface area contributed by atoms with E-state index in [-0.39, 0.29) is 5.69 Å². The molecular weight excluding hydrogens is 260 g/mol. The summed E-state index contributed by atoms with van der Waals surface area (Å²) in [5.74, 6) is 1.16. The molecule has 0 fully saturated rings. The van der Waals surface area contributed by atoms with Crippen molar-refractivity contribution in [2.24, 2.45) is 10.7 Å². The number of nitrogens with zero attached hydrogens (tertiary/aromatic N) is 4. The summed E-state index contributed by atoms with van der Waals surface area (Å²) < 4.78 is 0. The van der Waals surface area contributed by atoms with E-state index in [2.05, 4.69) is 15.3 Å². The first-order valence-electron chi connectivity index (χ1n) is 6.27. The zero-order valence-electron chi connectivity index (χ0n) is 11.7. The highest BCUT2D eigenvalue weighted by molar-refractivity contribution is 5.80. The molecule has 8 heteroatoms. The minimum Gasteiger partial charge on any atom is -0.387 e. The third-order valence-corrected chi connectivity index (χ3v) is 2.51. The number of aromatic nitrogens is 1. The number of anilines is 1. The van der Waals surface area contributed by atoms with Gasteiger partial charge in [0.25, 0.3) is 5.69 Å². The number of pyridine rings is 1. The van der Waals surface area contributed by atoms with E-state index in [1.54, 1.807) is 6.07 Å². The topological polar surface area (TPSA) is 110 Å². The molecule has 1 aromatic heterocycles. The number of amidine groups is 1. The molecule has 0 radical (unpaired) electrons. The Morgan fingerprint density at radius 3 is 2.85 bits per heavy atom. The van der Waals surface area contributed by atoms with Gasteiger partial charge in [0.15, 0.2) is 0 Å². The fraction of sp³-hybridized carbons (Fsp3) is 0.500. The molecule has 1 rings (SSSR count). The Morgan fingerprint density at radius 2 is 2.30 bits per heavy atom. The SMILES string of the molecule is CN(C)CCN=C(N)CCNc1ccc([N+](=O)[O-])cn1. The van der Waals surface area contributed by atoms with Crippen molar-refractivity contribution in [1.29, 1.82) is 0 Å². The lowest BCUT2D eigenvalue weighted by Crippen LogP contribution is -2.21. The van der Waals surface area contributed by atoms with Gasteiger partial charge < -0.3 is 16.0 Å². The first kappa shape index (κ1) is 15.8. The summed E-state index contributed by atoms with van der Waals surface area (Å²) in [6.07, 6.45) is 1.82. The van der Waals surface area contributed by atoms with E-state index in [0.717, 1.165) is 6.54 Å². The van der Waals surface area contributed by atoms with Crippen LogP contribution in [-0.4, -0.2) is 54.4 Å². The summed E-state index contributed by atoms with van der Waals surface area (Å²) in [6, 6.07) is 2.97. The van der Waals surface area contributed by atoms with Crippen molar-refractivity contribution in [2.45, 2.75) is 6.42 Å². The van der Waals surface area contributed by atoms with Crippen LogP contribution in [-0.2, 0) is 0 Å². The second-order valence-electron chi connectivity index (χ2n) is 4.51. The Bertz CT molecular complexity index is 458. The highest BCUT2D eigenvalue weighted by Crippen LogP contribution is 2.11. The number of hydrogen-bond acceptors (Lipinski definition) is 6. The van der Waals surface area contributed by atoms with E-state index < -0.39 is 4.92 Å². The van der Waals surface area contributed by atoms with Gasteiger partial charge in [-0.3, -0.25) is 15.1 Å². The summed E-state index contributed by atoms with van der Waals surface area (Å²) in [7, 11) is 3.96. The van der Waals surface area contributed by atoms with Gasteiger partial charge in [0.05, 0.1) is 17.3 Å². The van der Waals surface area contributed by atoms with Crippen LogP contribution >= 0.6 is 0 Å². The maximum atomic E-state index is 10.5. The number of nitrogens with one attached hydrogen (secondary N) is 1. The quantitative estimate of drug-likeness (QED) is 0.314. The molecule has 0 saturated heterocycles. The van der Waals surface area contributed by atoms with Crippen LogP contribution in [0.15, 0.2) is 23.3 Å². The number of nitrogens with two attached hydrogens (primary N) is 1. The molecule has 0 aliphatic heterocycles. The van der Waals surface area contributed by atoms with Crippen LogP contribution in [0.4, 0.5) is 11.5 Å². The average Bonchev–Trinajstić information content (AvgIpc) is 2.39. The van der Waals surface area contributed by atoms with Gasteiger partial charge in [-0.1, -0.05) is 0 Å². The van der Waals surface area contributed by atoms with E-state index in [1.807, 2.05) is 19.0 Å². The molecule has 0 aromatic carbocycles. The highest BCUT2D eigenvalue weighted by Gasteiger charge is 2.04. The van der Waals surface area contributed by atoms with Gasteiger partial charge in [0.2, 0.25) is 0 Å². The van der Waals surface area contributed by atoms with Crippen LogP contribution in [0.1, 0.15) is 6.42 Å². The van der Waals surface area contributed by atoms with Gasteiger partial charge in [-0.15, -0.1) is 0 Å². The zero-order valence-corrected chi connectivity index (χ0v) is 11.7. The smallest absolute Gasteiger partial charge is 0.287 e. The molecule has 0 saturated carbocycles. The van der Waals surface area contributed by atoms with E-state index >= 15 is 0 Å². The maximum Gasteiger partial charge on any atom is 0.287 e. The number of nitro groups is 1. The predicted octanol–water partition coefficient (Wildman–Crippen LogP) is 0.711. The Labute approximate surface area is 117 Å². The number of rotatable bonds is 8. The third-order valence-electron chi connectivity index (χ3n) is 2.51. The van der Waals surface area contributed by atoms with Crippen LogP contribution in [0, 0.1) is 10.1 Å². The van der Waals surface area contributed by atoms with E-state index in [9.17, 15) is 10.1 Å². The number of hydrogen-bond donors (Lipinski definition) is 2. The molecule has 1 aromatic rings. The monoisotopic (exact) mass is 280 g/mol. The Morgan fingerprint density at radius 1 is 1.55 bits per heavy atom. The van der Waals surface area contributed by atoms with Crippen molar-refractivity contribution in [1.82, 2.24) is 9.88 Å². The van der Waals surface area contributed by atoms with Crippen molar-refractivity contribution >= 4 is 17.3 Å². The van der Waals surface area contributed by atoms with Crippen LogP contribution in [0.25, 0.3) is 0 Å². The molecule has 0 amide bonds. The molecule has 3 N–H and O–H groups in total. The summed E-state index contributed by atoms with van der Waals surface area (Å²) in [5, 5.41) is 13.5. The lowest BCUT2D eigenvalue weighted by atomic mass is 10.3. The molecule has 0 aliphatic rings. The Balaban J connectivity index is 2.31. The van der Waals surface area contributed by atoms with Gasteiger partial charge in [0.1, 0.15) is 12.0 Å². The number of aliphatic imine (C=N–C) groups is 1. The minimum absolute atomic E-state index is 0.0275. The van der Waals surface area contributed by atoms with Crippen LogP contribution in [0.2, 0.25) is 0 Å². The fourth-order valence-electron chi connectivity index (χ4n) is 1.39. The fourth-order valence-corrected chi connectivity index (χ4v) is 1.39. The summed E-state index contributed by atoms with van der Waals surface area (Å²) in [6.45, 7) is 2.12. The number of likely N-dealkylation sites (N-methyl/N-ethyl adjacent to an activating group) is 1. The maximum absolute atomic E-state index is 10.5. The van der Waals surface area contributed by atoms with Gasteiger partial charge in [-0.2, -0.15) is 0 Å². The van der Waals surface area contributed by atoms with Crippen molar-refractivity contribution in [3.05, 3.63) is 28.4 Å². The zero-order chi connectivity index (χ0) is 15.0. The molecule has 1 heterocycles. The van der Waals surface area contributed by atoms with Crippen molar-refractivity contribution in [2.75, 3.05) is 39.0 Å². The molecule has 0 bridgehead atoms. The first-order valence-corrected chi connectivity index (χ1v) is 6.27. The second-order valence-corrected chi connectivity index (χ2v) is 4.51. The van der Waals surface area contributed by atoms with Crippen molar-refractivity contribution < 1.29 is 4.92 Å². The van der Waals surface area contributed by atoms with E-state index in [4.69, 9.17) is 5.73 Å². The van der Waals surface area contributed by atoms with E-state index in [0.29, 0.717) is 31.2 Å². The normalized spacial score (nSPS) is 11.7. The molecule has 110 valence electrons. The lowest BCUT2D eigenvalue weighted by Gasteiger charge is -2.07. The van der Waals surface area contributed by atoms with Gasteiger partial charge in [0, 0.05) is 25.6 Å². The van der Waals surface area contributed by atoms with E-state index in [1.165, 1.54) is 12.3 Å². The van der Waals surface area contributed by atoms with Gasteiger partial charge in [-0.05, 0) is 20.2 Å². The average molecular weight is 280 g/mol. The molecule has 20 heavy (non-hydrogen) atoms. The van der Waals surface area contributed by atoms with Gasteiger partial charge in [-0.25, -0.2) is 4.98 Å². The summed E-state index contributed by atoms with van der Waals surface area (Å²) in [5.41, 5.74) is 5.74. The second kappa shape index (κ2) is 8.05. The summed E-state index contributed by atoms with van der Waals surface area (Å²) >= 11 is 0. The molecule has 0 spiro atoms. The van der Waals surface area contributed by atoms with Crippen LogP contribution in [0.3, 0.4) is 0 Å². The Kier molecular flexibility index (Phi) is 6.38. The predicted molar refractivity (Wildman–Crippen MR) is 79.0 cm³/mol. The minimum atomic E-state index is -0.480. The van der Waals surface area contributed by atoms with Crippen molar-refractivity contribution in [3.8, 4) is 0 Å². The summed E-state index contributed by atoms with van der Waals surface area (Å²) in [4.78, 5) is 20.2. The van der Waals surface area contributed by atoms with Crippen molar-refractivity contribution in [3.63, 3.8) is 0 Å². The molecule has 0 atom stereocenters. The van der Waals surface area contributed by atoms with Crippen LogP contribution < -0.4 is 11.1 Å². The third kappa shape index (κ3) is 6.10. The van der Waals surface area contributed by atoms with Gasteiger partial charge >= 0.3 is 0 Å². The lowest BCUT2D eigenvalue weighted by molar-refractivity contribution is -0.385. The largest absolute Gasteiger partial charge is 0.387 e. The van der Waals surface area contributed by atoms with Crippen LogP contribution in [0.5, 0.6) is 0 Å². The molecule has 8 nitrogen and oxygen atoms in total. The molecular formula is C12H20N6O2. The standard InChI is InChI=1S/C12H20N6O2/c1-17(2)8-7-14-11(13)5-6-15-12-4-3-10(9-16-12)18(19)20/h3-4,9H,5-8H2,1-2H3,(H2,13,14)(H,15,16). The Hall–Kier alpha value is -2.22. The first-order chi connectivity index (χ1) is 9.49. The highest BCUT2D eigenvalue weighted by atomic mass is 16.6. The molecule has 0 aliphatic carbocycles.